The maximum absolute atomic E-state index is 10.1. The van der Waals surface area contributed by atoms with E-state index in [0.29, 0.717) is 28.4 Å². The van der Waals surface area contributed by atoms with Crippen LogP contribution in [-0.2, 0) is 0 Å². The second-order valence-electron chi connectivity index (χ2n) is 7.56. The second kappa shape index (κ2) is 9.06. The first kappa shape index (κ1) is 20.1. The van der Waals surface area contributed by atoms with E-state index in [1.807, 2.05) is 13.9 Å². The average Bonchev–Trinajstić information content (AvgIpc) is 2.59. The van der Waals surface area contributed by atoms with Crippen molar-refractivity contribution in [3.63, 3.8) is 0 Å². The van der Waals surface area contributed by atoms with E-state index < -0.39 is 0 Å². The van der Waals surface area contributed by atoms with Crippen molar-refractivity contribution in [1.82, 2.24) is 20.3 Å². The molecule has 2 fully saturated rings. The minimum Gasteiger partial charge on any atom is -0.437 e. The smallest absolute Gasteiger partial charge is 0.376 e. The predicted octanol–water partition coefficient (Wildman–Crippen LogP) is 2.70. The second-order valence-corrected chi connectivity index (χ2v) is 8.30. The van der Waals surface area contributed by atoms with Gasteiger partial charge >= 0.3 is 7.05 Å². The Morgan fingerprint density at radius 2 is 2.00 bits per heavy atom. The molecule has 144 valence electrons. The molecule has 2 aliphatic rings. The number of rotatable bonds is 7. The summed E-state index contributed by atoms with van der Waals surface area (Å²) in [7, 11) is 1.66. The van der Waals surface area contributed by atoms with Gasteiger partial charge in [-0.1, -0.05) is 29.6 Å². The molecule has 0 spiro atoms. The summed E-state index contributed by atoms with van der Waals surface area (Å²) in [6.45, 7) is 3.74. The molecule has 2 saturated heterocycles. The number of piperidine rings is 2. The lowest BCUT2D eigenvalue weighted by molar-refractivity contribution is 0.0825. The van der Waals surface area contributed by atoms with Gasteiger partial charge in [-0.15, -0.1) is 10.2 Å². The summed E-state index contributed by atoms with van der Waals surface area (Å²) in [6, 6.07) is 3.33. The number of hydrogen-bond donors (Lipinski definition) is 2. The van der Waals surface area contributed by atoms with E-state index in [2.05, 4.69) is 25.2 Å². The largest absolute Gasteiger partial charge is 0.437 e. The molecule has 1 aromatic heterocycles. The highest BCUT2D eigenvalue weighted by Gasteiger charge is 2.40. The van der Waals surface area contributed by atoms with Crippen molar-refractivity contribution in [3.8, 4) is 0 Å². The molecule has 9 heteroatoms. The van der Waals surface area contributed by atoms with Gasteiger partial charge in [0.05, 0.1) is 5.69 Å². The highest BCUT2D eigenvalue weighted by Crippen LogP contribution is 2.34. The van der Waals surface area contributed by atoms with Crippen LogP contribution in [0, 0.1) is 0 Å². The van der Waals surface area contributed by atoms with Gasteiger partial charge in [-0.25, -0.2) is 0 Å². The fourth-order valence-corrected chi connectivity index (χ4v) is 4.93. The Kier molecular flexibility index (Phi) is 7.02. The zero-order valence-corrected chi connectivity index (χ0v) is 17.0. The van der Waals surface area contributed by atoms with Crippen molar-refractivity contribution < 1.29 is 5.02 Å². The van der Waals surface area contributed by atoms with E-state index in [0.717, 1.165) is 38.0 Å². The lowest BCUT2D eigenvalue weighted by Gasteiger charge is -2.50. The van der Waals surface area contributed by atoms with Gasteiger partial charge in [-0.3, -0.25) is 0 Å². The Labute approximate surface area is 166 Å². The Balaban J connectivity index is 1.44. The summed E-state index contributed by atoms with van der Waals surface area (Å²) in [6.07, 6.45) is 6.98. The molecule has 2 N–H and O–H groups in total. The van der Waals surface area contributed by atoms with Crippen LogP contribution in [0.15, 0.2) is 6.07 Å². The molecule has 0 saturated carbocycles. The Morgan fingerprint density at radius 1 is 1.31 bits per heavy atom. The van der Waals surface area contributed by atoms with E-state index in [4.69, 9.17) is 23.2 Å². The molecule has 26 heavy (non-hydrogen) atoms. The summed E-state index contributed by atoms with van der Waals surface area (Å²) < 4.78 is 0. The van der Waals surface area contributed by atoms with Crippen molar-refractivity contribution >= 4 is 35.9 Å². The number of nitrogens with zero attached hydrogens (tertiary/aromatic N) is 4. The zero-order chi connectivity index (χ0) is 18.7. The molecule has 2 bridgehead atoms. The van der Waals surface area contributed by atoms with Crippen LogP contribution in [0.5, 0.6) is 0 Å². The molecule has 0 amide bonds. The first-order chi connectivity index (χ1) is 12.5. The fraction of sp³-hybridized carbons (Fsp3) is 0.765. The number of hydrogen-bond acceptors (Lipinski definition) is 6. The molecule has 3 heterocycles. The molecule has 0 radical (unpaired) electrons. The first-order valence-corrected chi connectivity index (χ1v) is 10.3. The third kappa shape index (κ3) is 4.81. The number of halogens is 2. The van der Waals surface area contributed by atoms with Gasteiger partial charge in [0.25, 0.3) is 0 Å². The van der Waals surface area contributed by atoms with E-state index in [9.17, 15) is 5.02 Å². The fourth-order valence-electron chi connectivity index (χ4n) is 4.55. The van der Waals surface area contributed by atoms with Crippen molar-refractivity contribution in [2.45, 2.75) is 63.5 Å². The van der Waals surface area contributed by atoms with Gasteiger partial charge in [0.1, 0.15) is 0 Å². The monoisotopic (exact) mass is 399 g/mol. The van der Waals surface area contributed by atoms with Gasteiger partial charge in [0, 0.05) is 37.8 Å². The third-order valence-corrected chi connectivity index (χ3v) is 6.13. The van der Waals surface area contributed by atoms with Crippen LogP contribution < -0.4 is 10.2 Å². The van der Waals surface area contributed by atoms with E-state index in [1.54, 1.807) is 6.07 Å². The van der Waals surface area contributed by atoms with Crippen molar-refractivity contribution in [1.29, 1.82) is 0 Å². The Hall–Kier alpha value is -0.595. The van der Waals surface area contributed by atoms with Gasteiger partial charge in [-0.05, 0) is 45.5 Å². The van der Waals surface area contributed by atoms with E-state index in [-0.39, 0.29) is 7.05 Å². The topological polar surface area (TPSA) is 64.5 Å². The average molecular weight is 400 g/mol. The Bertz CT molecular complexity index is 595. The van der Waals surface area contributed by atoms with Gasteiger partial charge in [0.15, 0.2) is 10.3 Å². The molecular weight excluding hydrogens is 372 g/mol. The highest BCUT2D eigenvalue weighted by molar-refractivity contribution is 6.45. The first-order valence-electron chi connectivity index (χ1n) is 9.54. The summed E-state index contributed by atoms with van der Waals surface area (Å²) in [5.41, 5.74) is 0.812. The van der Waals surface area contributed by atoms with Crippen molar-refractivity contribution in [2.75, 3.05) is 25.0 Å². The van der Waals surface area contributed by atoms with Crippen molar-refractivity contribution in [3.05, 3.63) is 16.4 Å². The number of fused-ring (bicyclic) bond motifs is 2. The normalized spacial score (nSPS) is 26.0. The van der Waals surface area contributed by atoms with Crippen LogP contribution in [0.1, 0.15) is 38.5 Å². The molecule has 3 atom stereocenters. The van der Waals surface area contributed by atoms with Crippen LogP contribution in [-0.4, -0.2) is 65.3 Å². The Morgan fingerprint density at radius 3 is 2.65 bits per heavy atom. The van der Waals surface area contributed by atoms with Gasteiger partial charge in [0.2, 0.25) is 0 Å². The molecule has 2 unspecified atom stereocenters. The third-order valence-electron chi connectivity index (χ3n) is 5.68. The maximum Gasteiger partial charge on any atom is 0.376 e. The minimum atomic E-state index is -0.328. The van der Waals surface area contributed by atoms with Crippen LogP contribution in [0.2, 0.25) is 17.1 Å². The minimum absolute atomic E-state index is 0.328. The standard InChI is InChI=1S/C17H28BCl2N5O/c1-18(26)25-13-5-3-6-14(25)10-12(9-13)21-7-4-8-24(2)15-11-16(19)22-23-17(15)20/h11-14,21,26H,3-10H2,1-2H3/t12?,13-,14?/m0/s1. The molecule has 6 nitrogen and oxygen atoms in total. The van der Waals surface area contributed by atoms with E-state index in [1.165, 1.54) is 19.3 Å². The molecule has 1 aromatic rings. The van der Waals surface area contributed by atoms with E-state index >= 15 is 0 Å². The lowest BCUT2D eigenvalue weighted by atomic mass is 9.71. The molecule has 0 aromatic carbocycles. The van der Waals surface area contributed by atoms with Crippen molar-refractivity contribution in [2.24, 2.45) is 0 Å². The van der Waals surface area contributed by atoms with Crippen LogP contribution in [0.25, 0.3) is 0 Å². The maximum atomic E-state index is 10.1. The van der Waals surface area contributed by atoms with Gasteiger partial charge < -0.3 is 20.1 Å². The summed E-state index contributed by atoms with van der Waals surface area (Å²) in [4.78, 5) is 4.40. The van der Waals surface area contributed by atoms with Crippen LogP contribution in [0.4, 0.5) is 5.69 Å². The molecule has 3 rings (SSSR count). The summed E-state index contributed by atoms with van der Waals surface area (Å²) in [5.74, 6) is 0. The quantitative estimate of drug-likeness (QED) is 0.542. The van der Waals surface area contributed by atoms with Gasteiger partial charge in [-0.2, -0.15) is 0 Å². The highest BCUT2D eigenvalue weighted by atomic mass is 35.5. The summed E-state index contributed by atoms with van der Waals surface area (Å²) in [5, 5.41) is 22.1. The summed E-state index contributed by atoms with van der Waals surface area (Å²) >= 11 is 12.0. The SMILES string of the molecule is CB(O)N1C2CCC[C@H]1CC(NCCCN(C)c1cc(Cl)nnc1Cl)C2. The molecule has 0 aliphatic carbocycles. The van der Waals surface area contributed by atoms with Crippen LogP contribution in [0.3, 0.4) is 0 Å². The number of anilines is 1. The number of aromatic nitrogens is 2. The molecular formula is C17H28BCl2N5O. The predicted molar refractivity (Wildman–Crippen MR) is 108 cm³/mol. The lowest BCUT2D eigenvalue weighted by Crippen LogP contribution is -2.60. The molecule has 2 aliphatic heterocycles. The van der Waals surface area contributed by atoms with Crippen LogP contribution >= 0.6 is 23.2 Å². The zero-order valence-electron chi connectivity index (χ0n) is 15.5. The number of nitrogens with one attached hydrogen (secondary N) is 1.